The van der Waals surface area contributed by atoms with Gasteiger partial charge >= 0.3 is 0 Å². The molecule has 0 radical (unpaired) electrons. The standard InChI is InChI=1S/C11H13N3O2/c1-8-12-11(16-13-8)10-5-14(6-10)4-9-2-3-15-7-9/h2-3,7,10H,4-6H2,1H3. The summed E-state index contributed by atoms with van der Waals surface area (Å²) >= 11 is 0. The van der Waals surface area contributed by atoms with Crippen molar-refractivity contribution in [1.82, 2.24) is 15.0 Å². The van der Waals surface area contributed by atoms with Gasteiger partial charge in [0.05, 0.1) is 18.4 Å². The van der Waals surface area contributed by atoms with Crippen molar-refractivity contribution in [2.24, 2.45) is 0 Å². The average molecular weight is 219 g/mol. The molecule has 0 saturated carbocycles. The van der Waals surface area contributed by atoms with E-state index < -0.39 is 0 Å². The van der Waals surface area contributed by atoms with Crippen LogP contribution in [-0.4, -0.2) is 28.1 Å². The fourth-order valence-corrected chi connectivity index (χ4v) is 1.97. The third-order valence-electron chi connectivity index (χ3n) is 2.84. The molecule has 16 heavy (non-hydrogen) atoms. The van der Waals surface area contributed by atoms with Crippen molar-refractivity contribution in [3.8, 4) is 0 Å². The Balaban J connectivity index is 1.55. The molecular weight excluding hydrogens is 206 g/mol. The van der Waals surface area contributed by atoms with Crippen molar-refractivity contribution < 1.29 is 8.94 Å². The third-order valence-corrected chi connectivity index (χ3v) is 2.84. The van der Waals surface area contributed by atoms with Crippen LogP contribution in [0.5, 0.6) is 0 Å². The maximum atomic E-state index is 5.15. The normalized spacial score (nSPS) is 17.6. The van der Waals surface area contributed by atoms with Crippen LogP contribution in [0.2, 0.25) is 0 Å². The van der Waals surface area contributed by atoms with Crippen LogP contribution in [0.1, 0.15) is 23.2 Å². The summed E-state index contributed by atoms with van der Waals surface area (Å²) in [5.74, 6) is 1.87. The molecule has 5 heteroatoms. The lowest BCUT2D eigenvalue weighted by Gasteiger charge is -2.36. The molecule has 0 unspecified atom stereocenters. The highest BCUT2D eigenvalue weighted by molar-refractivity contribution is 5.08. The minimum atomic E-state index is 0.396. The van der Waals surface area contributed by atoms with Crippen LogP contribution < -0.4 is 0 Å². The fourth-order valence-electron chi connectivity index (χ4n) is 1.97. The van der Waals surface area contributed by atoms with Crippen LogP contribution in [0.25, 0.3) is 0 Å². The second-order valence-electron chi connectivity index (χ2n) is 4.20. The molecule has 1 saturated heterocycles. The van der Waals surface area contributed by atoms with Crippen molar-refractivity contribution in [1.29, 1.82) is 0 Å². The van der Waals surface area contributed by atoms with Crippen molar-refractivity contribution in [3.05, 3.63) is 35.9 Å². The van der Waals surface area contributed by atoms with E-state index in [9.17, 15) is 0 Å². The third kappa shape index (κ3) is 1.74. The van der Waals surface area contributed by atoms with E-state index >= 15 is 0 Å². The van der Waals surface area contributed by atoms with Gasteiger partial charge in [0.1, 0.15) is 0 Å². The van der Waals surface area contributed by atoms with Gasteiger partial charge in [0.25, 0.3) is 0 Å². The Labute approximate surface area is 93.0 Å². The smallest absolute Gasteiger partial charge is 0.232 e. The van der Waals surface area contributed by atoms with Crippen LogP contribution in [-0.2, 0) is 6.54 Å². The van der Waals surface area contributed by atoms with Gasteiger partial charge in [0.2, 0.25) is 5.89 Å². The molecule has 1 aliphatic rings. The van der Waals surface area contributed by atoms with Gasteiger partial charge in [-0.25, -0.2) is 0 Å². The zero-order chi connectivity index (χ0) is 11.0. The van der Waals surface area contributed by atoms with E-state index in [0.717, 1.165) is 25.5 Å². The van der Waals surface area contributed by atoms with Gasteiger partial charge in [0.15, 0.2) is 5.82 Å². The summed E-state index contributed by atoms with van der Waals surface area (Å²) in [6, 6.07) is 1.99. The number of rotatable bonds is 3. The molecular formula is C11H13N3O2. The minimum Gasteiger partial charge on any atom is -0.472 e. The monoisotopic (exact) mass is 219 g/mol. The second kappa shape index (κ2) is 3.75. The van der Waals surface area contributed by atoms with Gasteiger partial charge in [-0.3, -0.25) is 4.90 Å². The van der Waals surface area contributed by atoms with Crippen molar-refractivity contribution in [2.75, 3.05) is 13.1 Å². The molecule has 0 N–H and O–H groups in total. The minimum absolute atomic E-state index is 0.396. The summed E-state index contributed by atoms with van der Waals surface area (Å²) < 4.78 is 10.2. The molecule has 0 amide bonds. The molecule has 1 fully saturated rings. The first-order valence-electron chi connectivity index (χ1n) is 5.35. The largest absolute Gasteiger partial charge is 0.472 e. The molecule has 3 heterocycles. The molecule has 0 aromatic carbocycles. The molecule has 1 aliphatic heterocycles. The Morgan fingerprint density at radius 2 is 2.38 bits per heavy atom. The first-order chi connectivity index (χ1) is 7.81. The highest BCUT2D eigenvalue weighted by atomic mass is 16.5. The van der Waals surface area contributed by atoms with Gasteiger partial charge in [-0.1, -0.05) is 5.16 Å². The SMILES string of the molecule is Cc1noc(C2CN(Cc3ccoc3)C2)n1. The second-order valence-corrected chi connectivity index (χ2v) is 4.20. The molecule has 5 nitrogen and oxygen atoms in total. The van der Waals surface area contributed by atoms with Crippen molar-refractivity contribution in [2.45, 2.75) is 19.4 Å². The lowest BCUT2D eigenvalue weighted by molar-refractivity contribution is 0.117. The number of aromatic nitrogens is 2. The van der Waals surface area contributed by atoms with Crippen molar-refractivity contribution in [3.63, 3.8) is 0 Å². The first-order valence-corrected chi connectivity index (χ1v) is 5.35. The summed E-state index contributed by atoms with van der Waals surface area (Å²) in [5.41, 5.74) is 1.21. The number of hydrogen-bond acceptors (Lipinski definition) is 5. The topological polar surface area (TPSA) is 55.3 Å². The number of likely N-dealkylation sites (tertiary alicyclic amines) is 1. The highest BCUT2D eigenvalue weighted by Gasteiger charge is 2.32. The highest BCUT2D eigenvalue weighted by Crippen LogP contribution is 2.26. The van der Waals surface area contributed by atoms with E-state index in [1.807, 2.05) is 13.0 Å². The average Bonchev–Trinajstić information content (AvgIpc) is 2.82. The molecule has 0 spiro atoms. The number of nitrogens with zero attached hydrogens (tertiary/aromatic N) is 3. The molecule has 2 aromatic rings. The fraction of sp³-hybridized carbons (Fsp3) is 0.455. The lowest BCUT2D eigenvalue weighted by Crippen LogP contribution is -2.44. The number of furan rings is 1. The van der Waals surface area contributed by atoms with E-state index in [1.165, 1.54) is 5.56 Å². The first kappa shape index (κ1) is 9.59. The molecule has 0 aliphatic carbocycles. The molecule has 84 valence electrons. The molecule has 0 bridgehead atoms. The zero-order valence-electron chi connectivity index (χ0n) is 9.09. The molecule has 0 atom stereocenters. The Kier molecular flexibility index (Phi) is 2.25. The Morgan fingerprint density at radius 3 is 3.00 bits per heavy atom. The van der Waals surface area contributed by atoms with Crippen LogP contribution in [0.15, 0.2) is 27.5 Å². The molecule has 3 rings (SSSR count). The van der Waals surface area contributed by atoms with Crippen LogP contribution in [0.4, 0.5) is 0 Å². The zero-order valence-corrected chi connectivity index (χ0v) is 9.09. The van der Waals surface area contributed by atoms with Gasteiger partial charge in [-0.2, -0.15) is 4.98 Å². The summed E-state index contributed by atoms with van der Waals surface area (Å²) in [5, 5.41) is 3.80. The Hall–Kier alpha value is -1.62. The van der Waals surface area contributed by atoms with Crippen LogP contribution >= 0.6 is 0 Å². The summed E-state index contributed by atoms with van der Waals surface area (Å²) in [4.78, 5) is 6.57. The van der Waals surface area contributed by atoms with Crippen LogP contribution in [0.3, 0.4) is 0 Å². The van der Waals surface area contributed by atoms with Crippen LogP contribution in [0, 0.1) is 6.92 Å². The van der Waals surface area contributed by atoms with Gasteiger partial charge in [-0.05, 0) is 13.0 Å². The maximum absolute atomic E-state index is 5.15. The van der Waals surface area contributed by atoms with E-state index in [0.29, 0.717) is 11.7 Å². The summed E-state index contributed by atoms with van der Waals surface area (Å²) in [6.45, 7) is 4.73. The Morgan fingerprint density at radius 1 is 1.50 bits per heavy atom. The van der Waals surface area contributed by atoms with E-state index in [1.54, 1.807) is 12.5 Å². The van der Waals surface area contributed by atoms with Crippen molar-refractivity contribution >= 4 is 0 Å². The Bertz CT molecular complexity index is 457. The number of hydrogen-bond donors (Lipinski definition) is 0. The predicted molar refractivity (Wildman–Crippen MR) is 55.8 cm³/mol. The van der Waals surface area contributed by atoms with E-state index in [-0.39, 0.29) is 0 Å². The molecule has 2 aromatic heterocycles. The summed E-state index contributed by atoms with van der Waals surface area (Å²) in [6.07, 6.45) is 3.48. The lowest BCUT2D eigenvalue weighted by atomic mass is 10.00. The maximum Gasteiger partial charge on any atom is 0.232 e. The van der Waals surface area contributed by atoms with Gasteiger partial charge < -0.3 is 8.94 Å². The quantitative estimate of drug-likeness (QED) is 0.784. The summed E-state index contributed by atoms with van der Waals surface area (Å²) in [7, 11) is 0. The predicted octanol–water partition coefficient (Wildman–Crippen LogP) is 1.57. The van der Waals surface area contributed by atoms with E-state index in [4.69, 9.17) is 8.94 Å². The van der Waals surface area contributed by atoms with Gasteiger partial charge in [0, 0.05) is 25.2 Å². The number of aryl methyl sites for hydroxylation is 1. The van der Waals surface area contributed by atoms with E-state index in [2.05, 4.69) is 15.0 Å². The van der Waals surface area contributed by atoms with Gasteiger partial charge in [-0.15, -0.1) is 0 Å².